The molecule has 0 saturated heterocycles. The molecule has 0 spiro atoms. The Labute approximate surface area is 109 Å². The van der Waals surface area contributed by atoms with Crippen LogP contribution in [0.3, 0.4) is 0 Å². The van der Waals surface area contributed by atoms with Crippen LogP contribution >= 0.6 is 0 Å². The van der Waals surface area contributed by atoms with Crippen LogP contribution in [-0.4, -0.2) is 8.80 Å². The van der Waals surface area contributed by atoms with Crippen molar-refractivity contribution in [1.29, 1.82) is 0 Å². The number of hydrogen-bond acceptors (Lipinski definition) is 1. The smallest absolute Gasteiger partial charge is 0.813 e. The fourth-order valence-corrected chi connectivity index (χ4v) is 6.00. The van der Waals surface area contributed by atoms with E-state index >= 15 is 0 Å². The molecule has 0 fully saturated rings. The summed E-state index contributed by atoms with van der Waals surface area (Å²) in [6.45, 7) is 14.2. The van der Waals surface area contributed by atoms with Crippen molar-refractivity contribution in [2.75, 3.05) is 0 Å². The molecule has 70 valence electrons. The van der Waals surface area contributed by atoms with Gasteiger partial charge in [-0.15, -0.1) is 0 Å². The van der Waals surface area contributed by atoms with E-state index in [0.29, 0.717) is 0 Å². The van der Waals surface area contributed by atoms with Crippen LogP contribution < -0.4 is 29.6 Å². The molecular formula is C9H22NaSSi-. The van der Waals surface area contributed by atoms with E-state index < -0.39 is 0 Å². The van der Waals surface area contributed by atoms with Crippen LogP contribution in [0.25, 0.3) is 0 Å². The van der Waals surface area contributed by atoms with Crippen LogP contribution in [0.4, 0.5) is 0 Å². The Morgan fingerprint density at radius 2 is 0.833 bits per heavy atom. The SMILES string of the molecule is CC(C)[Si-](C(C)C)C(C)C.[Na+].[SH-]. The Morgan fingerprint density at radius 1 is 0.667 bits per heavy atom. The van der Waals surface area contributed by atoms with Gasteiger partial charge in [0.25, 0.3) is 0 Å². The quantitative estimate of drug-likeness (QED) is 0.373. The summed E-state index contributed by atoms with van der Waals surface area (Å²) < 4.78 is 0. The standard InChI is InChI=1S/C9H21Si.Na.H2S/c1-7(2)10(8(3)4)9(5)6;;/h7-9H,1-6H3;;1H2/q-1;+1;/p-1. The Bertz CT molecular complexity index is 75.5. The topological polar surface area (TPSA) is 0 Å². The van der Waals surface area contributed by atoms with E-state index in [-0.39, 0.29) is 51.8 Å². The normalized spacial score (nSPS) is 10.5. The first-order valence-electron chi connectivity index (χ1n) is 4.33. The molecule has 0 radical (unpaired) electrons. The molecule has 0 bridgehead atoms. The van der Waals surface area contributed by atoms with Crippen LogP contribution in [0, 0.1) is 0 Å². The Kier molecular flexibility index (Phi) is 14.6. The van der Waals surface area contributed by atoms with E-state index in [4.69, 9.17) is 0 Å². The predicted molar refractivity (Wildman–Crippen MR) is 59.8 cm³/mol. The summed E-state index contributed by atoms with van der Waals surface area (Å²) in [6.07, 6.45) is 0. The molecule has 0 amide bonds. The molecule has 0 aliphatic rings. The van der Waals surface area contributed by atoms with Crippen molar-refractivity contribution in [3.63, 3.8) is 0 Å². The zero-order chi connectivity index (χ0) is 8.31. The molecule has 0 N–H and O–H groups in total. The summed E-state index contributed by atoms with van der Waals surface area (Å²) in [5.41, 5.74) is 2.81. The van der Waals surface area contributed by atoms with Gasteiger partial charge in [-0.3, -0.25) is 8.80 Å². The van der Waals surface area contributed by atoms with Gasteiger partial charge in [0.15, 0.2) is 0 Å². The van der Waals surface area contributed by atoms with E-state index in [0.717, 1.165) is 16.6 Å². The van der Waals surface area contributed by atoms with Gasteiger partial charge in [-0.2, -0.15) is 16.6 Å². The number of rotatable bonds is 3. The maximum absolute atomic E-state index is 2.37. The van der Waals surface area contributed by atoms with Gasteiger partial charge in [0.05, 0.1) is 0 Å². The zero-order valence-electron chi connectivity index (χ0n) is 9.68. The Balaban J connectivity index is -0.000000405. The summed E-state index contributed by atoms with van der Waals surface area (Å²) in [4.78, 5) is 0. The second-order valence-corrected chi connectivity index (χ2v) is 8.43. The molecule has 0 saturated carbocycles. The van der Waals surface area contributed by atoms with Crippen LogP contribution in [-0.2, 0) is 13.5 Å². The van der Waals surface area contributed by atoms with Gasteiger partial charge in [0, 0.05) is 0 Å². The van der Waals surface area contributed by atoms with E-state index in [1.807, 2.05) is 0 Å². The summed E-state index contributed by atoms with van der Waals surface area (Å²) >= 11 is 0. The van der Waals surface area contributed by atoms with Crippen molar-refractivity contribution in [2.45, 2.75) is 58.2 Å². The fourth-order valence-electron chi connectivity index (χ4n) is 2.00. The fraction of sp³-hybridized carbons (Fsp3) is 1.00. The minimum Gasteiger partial charge on any atom is -0.813 e. The second kappa shape index (κ2) is 9.13. The van der Waals surface area contributed by atoms with E-state index in [2.05, 4.69) is 41.5 Å². The summed E-state index contributed by atoms with van der Waals surface area (Å²) in [7, 11) is -0.0957. The minimum absolute atomic E-state index is 0. The summed E-state index contributed by atoms with van der Waals surface area (Å²) in [5.74, 6) is 0. The predicted octanol–water partition coefficient (Wildman–Crippen LogP) is 0.445. The monoisotopic (exact) mass is 213 g/mol. The van der Waals surface area contributed by atoms with Gasteiger partial charge in [-0.05, 0) is 0 Å². The first-order valence-corrected chi connectivity index (χ1v) is 6.06. The third-order valence-electron chi connectivity index (χ3n) is 2.00. The van der Waals surface area contributed by atoms with Crippen LogP contribution in [0.1, 0.15) is 41.5 Å². The molecule has 0 nitrogen and oxygen atoms in total. The molecule has 0 aromatic heterocycles. The molecule has 0 aliphatic carbocycles. The van der Waals surface area contributed by atoms with Gasteiger partial charge in [0.2, 0.25) is 0 Å². The molecular weight excluding hydrogens is 191 g/mol. The van der Waals surface area contributed by atoms with Crippen LogP contribution in [0.5, 0.6) is 0 Å². The van der Waals surface area contributed by atoms with Crippen molar-refractivity contribution >= 4 is 22.3 Å². The largest absolute Gasteiger partial charge is 1.00 e. The van der Waals surface area contributed by atoms with Gasteiger partial charge in [-0.25, -0.2) is 0 Å². The molecule has 0 aliphatic heterocycles. The van der Waals surface area contributed by atoms with E-state index in [9.17, 15) is 0 Å². The molecule has 0 aromatic carbocycles. The van der Waals surface area contributed by atoms with Gasteiger partial charge >= 0.3 is 29.6 Å². The molecule has 0 atom stereocenters. The molecule has 0 rings (SSSR count). The Hall–Kier alpha value is 1.57. The molecule has 0 aromatic rings. The maximum atomic E-state index is 2.37. The van der Waals surface area contributed by atoms with Crippen LogP contribution in [0.15, 0.2) is 0 Å². The van der Waals surface area contributed by atoms with Crippen molar-refractivity contribution in [2.24, 2.45) is 0 Å². The Morgan fingerprint density at radius 3 is 0.833 bits per heavy atom. The first-order chi connectivity index (χ1) is 4.46. The maximum Gasteiger partial charge on any atom is 1.00 e. The zero-order valence-corrected chi connectivity index (χ0v) is 13.6. The number of thiol groups is 1. The summed E-state index contributed by atoms with van der Waals surface area (Å²) in [6, 6.07) is 0. The third kappa shape index (κ3) is 7.02. The molecule has 0 heterocycles. The average Bonchev–Trinajstić information content (AvgIpc) is 1.59. The molecule has 0 unspecified atom stereocenters. The van der Waals surface area contributed by atoms with E-state index in [1.54, 1.807) is 0 Å². The van der Waals surface area contributed by atoms with E-state index in [1.165, 1.54) is 0 Å². The van der Waals surface area contributed by atoms with Crippen molar-refractivity contribution in [3.05, 3.63) is 0 Å². The summed E-state index contributed by atoms with van der Waals surface area (Å²) in [5, 5.41) is 0. The average molecular weight is 213 g/mol. The first kappa shape index (κ1) is 19.2. The van der Waals surface area contributed by atoms with Gasteiger partial charge < -0.3 is 13.5 Å². The van der Waals surface area contributed by atoms with Gasteiger partial charge in [0.1, 0.15) is 0 Å². The van der Waals surface area contributed by atoms with Crippen molar-refractivity contribution in [3.8, 4) is 0 Å². The van der Waals surface area contributed by atoms with Crippen LogP contribution in [0.2, 0.25) is 16.6 Å². The molecule has 3 heteroatoms. The third-order valence-corrected chi connectivity index (χ3v) is 6.00. The minimum atomic E-state index is -0.0957. The number of hydrogen-bond donors (Lipinski definition) is 0. The molecule has 12 heavy (non-hydrogen) atoms. The second-order valence-electron chi connectivity index (χ2n) is 3.96. The van der Waals surface area contributed by atoms with Crippen molar-refractivity contribution in [1.82, 2.24) is 0 Å². The van der Waals surface area contributed by atoms with Crippen molar-refractivity contribution < 1.29 is 29.6 Å². The van der Waals surface area contributed by atoms with Gasteiger partial charge in [-0.1, -0.05) is 41.5 Å².